The average molecular weight is 481 g/mol. The minimum absolute atomic E-state index is 0.237. The minimum Gasteiger partial charge on any atom is -0.397 e. The van der Waals surface area contributed by atoms with Gasteiger partial charge in [0, 0.05) is 44.0 Å². The fraction of sp³-hybridized carbons (Fsp3) is 0.222. The second kappa shape index (κ2) is 10.2. The fourth-order valence-electron chi connectivity index (χ4n) is 4.05. The van der Waals surface area contributed by atoms with Gasteiger partial charge in [0.05, 0.1) is 16.9 Å². The van der Waals surface area contributed by atoms with Crippen molar-refractivity contribution in [2.45, 2.75) is 6.18 Å². The SMILES string of the molecule is C=C(CN1CCN(c2ccc(C(F)(F)F)cc2)CC1)c1ccc(C(=O)Nc2ccccc2N)cc1. The molecule has 1 saturated heterocycles. The lowest BCUT2D eigenvalue weighted by molar-refractivity contribution is -0.137. The number of hydrogen-bond acceptors (Lipinski definition) is 4. The highest BCUT2D eigenvalue weighted by molar-refractivity contribution is 6.05. The molecule has 1 amide bonds. The van der Waals surface area contributed by atoms with Crippen LogP contribution in [0.5, 0.6) is 0 Å². The zero-order valence-electron chi connectivity index (χ0n) is 19.2. The standard InChI is InChI=1S/C27H27F3N4O/c1-19(20-6-8-21(9-7-20)26(35)32-25-5-3-2-4-24(25)31)18-33-14-16-34(17-15-33)23-12-10-22(11-13-23)27(28,29)30/h2-13H,1,14-18,31H2,(H,32,35). The molecule has 0 bridgehead atoms. The molecule has 1 heterocycles. The highest BCUT2D eigenvalue weighted by Crippen LogP contribution is 2.31. The molecule has 3 aromatic rings. The Labute approximate surface area is 202 Å². The number of nitrogens with two attached hydrogens (primary N) is 1. The maximum absolute atomic E-state index is 12.8. The van der Waals surface area contributed by atoms with Crippen molar-refractivity contribution in [2.75, 3.05) is 48.7 Å². The van der Waals surface area contributed by atoms with Gasteiger partial charge in [0.1, 0.15) is 0 Å². The van der Waals surface area contributed by atoms with Crippen molar-refractivity contribution in [1.29, 1.82) is 0 Å². The number of nitrogens with one attached hydrogen (secondary N) is 1. The summed E-state index contributed by atoms with van der Waals surface area (Å²) in [6.45, 7) is 7.88. The summed E-state index contributed by atoms with van der Waals surface area (Å²) >= 11 is 0. The van der Waals surface area contributed by atoms with Gasteiger partial charge in [-0.1, -0.05) is 30.8 Å². The van der Waals surface area contributed by atoms with Crippen LogP contribution in [0.15, 0.2) is 79.4 Å². The van der Waals surface area contributed by atoms with E-state index >= 15 is 0 Å². The normalized spacial score (nSPS) is 14.5. The Balaban J connectivity index is 1.29. The summed E-state index contributed by atoms with van der Waals surface area (Å²) < 4.78 is 38.4. The van der Waals surface area contributed by atoms with E-state index in [9.17, 15) is 18.0 Å². The molecule has 1 aliphatic rings. The van der Waals surface area contributed by atoms with Crippen LogP contribution in [0, 0.1) is 0 Å². The lowest BCUT2D eigenvalue weighted by atomic mass is 10.0. The monoisotopic (exact) mass is 480 g/mol. The number of benzene rings is 3. The molecule has 0 unspecified atom stereocenters. The van der Waals surface area contributed by atoms with Crippen LogP contribution in [0.25, 0.3) is 5.57 Å². The lowest BCUT2D eigenvalue weighted by Gasteiger charge is -2.36. The number of para-hydroxylation sites is 2. The molecule has 5 nitrogen and oxygen atoms in total. The van der Waals surface area contributed by atoms with Crippen LogP contribution >= 0.6 is 0 Å². The predicted molar refractivity (Wildman–Crippen MR) is 134 cm³/mol. The average Bonchev–Trinajstić information content (AvgIpc) is 2.85. The van der Waals surface area contributed by atoms with Crippen molar-refractivity contribution >= 4 is 28.5 Å². The van der Waals surface area contributed by atoms with Crippen LogP contribution in [0.2, 0.25) is 0 Å². The number of hydrogen-bond donors (Lipinski definition) is 2. The van der Waals surface area contributed by atoms with E-state index in [1.54, 1.807) is 30.3 Å². The number of amides is 1. The Morgan fingerprint density at radius 2 is 1.49 bits per heavy atom. The van der Waals surface area contributed by atoms with E-state index in [0.717, 1.165) is 55.1 Å². The van der Waals surface area contributed by atoms with E-state index in [2.05, 4.69) is 21.7 Å². The van der Waals surface area contributed by atoms with E-state index in [1.807, 2.05) is 18.2 Å². The summed E-state index contributed by atoms with van der Waals surface area (Å²) in [5, 5.41) is 2.81. The van der Waals surface area contributed by atoms with Gasteiger partial charge in [-0.2, -0.15) is 13.2 Å². The molecule has 8 heteroatoms. The van der Waals surface area contributed by atoms with Crippen molar-refractivity contribution in [3.63, 3.8) is 0 Å². The molecule has 0 spiro atoms. The summed E-state index contributed by atoms with van der Waals surface area (Å²) in [7, 11) is 0. The predicted octanol–water partition coefficient (Wildman–Crippen LogP) is 5.38. The first kappa shape index (κ1) is 24.3. The second-order valence-electron chi connectivity index (χ2n) is 8.53. The number of nitrogen functional groups attached to an aromatic ring is 1. The molecule has 35 heavy (non-hydrogen) atoms. The molecule has 1 aliphatic heterocycles. The molecule has 0 saturated carbocycles. The number of nitrogens with zero attached hydrogens (tertiary/aromatic N) is 2. The third-order valence-electron chi connectivity index (χ3n) is 6.11. The molecule has 0 aliphatic carbocycles. The largest absolute Gasteiger partial charge is 0.416 e. The van der Waals surface area contributed by atoms with Crippen LogP contribution in [0.1, 0.15) is 21.5 Å². The molecule has 0 radical (unpaired) electrons. The highest BCUT2D eigenvalue weighted by atomic mass is 19.4. The Morgan fingerprint density at radius 3 is 2.09 bits per heavy atom. The number of piperazine rings is 1. The smallest absolute Gasteiger partial charge is 0.397 e. The maximum atomic E-state index is 12.8. The van der Waals surface area contributed by atoms with Crippen LogP contribution in [-0.2, 0) is 6.18 Å². The van der Waals surface area contributed by atoms with Crippen molar-refractivity contribution in [1.82, 2.24) is 4.90 Å². The molecule has 3 N–H and O–H groups in total. The number of anilines is 3. The number of carbonyl (C=O) groups is 1. The zero-order valence-corrected chi connectivity index (χ0v) is 19.2. The van der Waals surface area contributed by atoms with Gasteiger partial charge < -0.3 is 16.0 Å². The molecule has 1 fully saturated rings. The number of halogens is 3. The Morgan fingerprint density at radius 1 is 0.886 bits per heavy atom. The summed E-state index contributed by atoms with van der Waals surface area (Å²) in [6.07, 6.45) is -4.32. The van der Waals surface area contributed by atoms with E-state index < -0.39 is 11.7 Å². The zero-order chi connectivity index (χ0) is 25.0. The molecular weight excluding hydrogens is 453 g/mol. The van der Waals surface area contributed by atoms with Crippen molar-refractivity contribution in [3.05, 3.63) is 96.1 Å². The molecule has 3 aromatic carbocycles. The van der Waals surface area contributed by atoms with E-state index in [1.165, 1.54) is 12.1 Å². The lowest BCUT2D eigenvalue weighted by Crippen LogP contribution is -2.46. The molecule has 182 valence electrons. The van der Waals surface area contributed by atoms with Gasteiger partial charge in [-0.25, -0.2) is 0 Å². The Bertz CT molecular complexity index is 1180. The first-order valence-corrected chi connectivity index (χ1v) is 11.3. The van der Waals surface area contributed by atoms with E-state index in [0.29, 0.717) is 23.5 Å². The molecule has 4 rings (SSSR count). The number of alkyl halides is 3. The van der Waals surface area contributed by atoms with E-state index in [-0.39, 0.29) is 5.91 Å². The van der Waals surface area contributed by atoms with Gasteiger partial charge in [0.15, 0.2) is 0 Å². The van der Waals surface area contributed by atoms with Crippen molar-refractivity contribution in [2.24, 2.45) is 0 Å². The molecule has 0 aromatic heterocycles. The van der Waals surface area contributed by atoms with Gasteiger partial charge >= 0.3 is 6.18 Å². The van der Waals surface area contributed by atoms with Crippen LogP contribution < -0.4 is 16.0 Å². The van der Waals surface area contributed by atoms with E-state index in [4.69, 9.17) is 5.73 Å². The Kier molecular flexibility index (Phi) is 7.12. The summed E-state index contributed by atoms with van der Waals surface area (Å²) in [5.74, 6) is -0.237. The van der Waals surface area contributed by atoms with Crippen LogP contribution in [0.4, 0.5) is 30.2 Å². The molecule has 0 atom stereocenters. The van der Waals surface area contributed by atoms with Gasteiger partial charge in [-0.3, -0.25) is 9.69 Å². The van der Waals surface area contributed by atoms with Crippen molar-refractivity contribution in [3.8, 4) is 0 Å². The van der Waals surface area contributed by atoms with Gasteiger partial charge in [0.2, 0.25) is 0 Å². The third kappa shape index (κ3) is 6.02. The third-order valence-corrected chi connectivity index (χ3v) is 6.11. The van der Waals surface area contributed by atoms with Crippen LogP contribution in [-0.4, -0.2) is 43.5 Å². The summed E-state index contributed by atoms with van der Waals surface area (Å²) in [5.41, 5.74) is 9.53. The van der Waals surface area contributed by atoms with Gasteiger partial charge in [-0.05, 0) is 59.7 Å². The number of carbonyl (C=O) groups excluding carboxylic acids is 1. The highest BCUT2D eigenvalue weighted by Gasteiger charge is 2.30. The topological polar surface area (TPSA) is 61.6 Å². The van der Waals surface area contributed by atoms with Gasteiger partial charge in [0.25, 0.3) is 5.91 Å². The fourth-order valence-corrected chi connectivity index (χ4v) is 4.05. The molecular formula is C27H27F3N4O. The second-order valence-corrected chi connectivity index (χ2v) is 8.53. The van der Waals surface area contributed by atoms with Gasteiger partial charge in [-0.15, -0.1) is 0 Å². The van der Waals surface area contributed by atoms with Crippen LogP contribution in [0.3, 0.4) is 0 Å². The first-order chi connectivity index (χ1) is 16.7. The van der Waals surface area contributed by atoms with Crippen molar-refractivity contribution < 1.29 is 18.0 Å². The number of rotatable bonds is 6. The minimum atomic E-state index is -4.32. The summed E-state index contributed by atoms with van der Waals surface area (Å²) in [4.78, 5) is 16.9. The Hall–Kier alpha value is -3.78. The maximum Gasteiger partial charge on any atom is 0.416 e. The summed E-state index contributed by atoms with van der Waals surface area (Å²) in [6, 6.07) is 19.7. The first-order valence-electron chi connectivity index (χ1n) is 11.3. The quantitative estimate of drug-likeness (QED) is 0.466.